The van der Waals surface area contributed by atoms with Gasteiger partial charge in [-0.2, -0.15) is 0 Å². The van der Waals surface area contributed by atoms with Gasteiger partial charge in [0.1, 0.15) is 6.04 Å². The Labute approximate surface area is 126 Å². The number of ether oxygens (including phenoxy) is 2. The number of esters is 2. The van der Waals surface area contributed by atoms with Gasteiger partial charge in [0.25, 0.3) is 0 Å². The normalized spacial score (nSPS) is 14.7. The van der Waals surface area contributed by atoms with Gasteiger partial charge in [-0.25, -0.2) is 4.79 Å². The monoisotopic (exact) mass is 301 g/mol. The summed E-state index contributed by atoms with van der Waals surface area (Å²) < 4.78 is 10.3. The Morgan fingerprint density at radius 1 is 1.00 bits per heavy atom. The van der Waals surface area contributed by atoms with Crippen molar-refractivity contribution in [3.63, 3.8) is 0 Å². The molecule has 0 aliphatic heterocycles. The Morgan fingerprint density at radius 2 is 1.52 bits per heavy atom. The van der Waals surface area contributed by atoms with Gasteiger partial charge >= 0.3 is 11.9 Å². The topological polar surface area (TPSA) is 81.7 Å². The van der Waals surface area contributed by atoms with E-state index in [0.29, 0.717) is 6.42 Å². The van der Waals surface area contributed by atoms with Crippen molar-refractivity contribution in [3.05, 3.63) is 0 Å². The van der Waals surface area contributed by atoms with Crippen molar-refractivity contribution in [2.24, 2.45) is 0 Å². The summed E-state index contributed by atoms with van der Waals surface area (Å²) in [6.07, 6.45) is 1.28. The zero-order valence-corrected chi connectivity index (χ0v) is 13.6. The molecule has 6 nitrogen and oxygen atoms in total. The average molecular weight is 301 g/mol. The Kier molecular flexibility index (Phi) is 9.41. The maximum absolute atomic E-state index is 11.9. The summed E-state index contributed by atoms with van der Waals surface area (Å²) in [7, 11) is 0. The van der Waals surface area contributed by atoms with Crippen LogP contribution in [-0.2, 0) is 23.9 Å². The minimum Gasteiger partial charge on any atom is -0.463 e. The molecule has 0 fully saturated rings. The number of carbonyl (C=O) groups excluding carboxylic acids is 3. The summed E-state index contributed by atoms with van der Waals surface area (Å²) in [4.78, 5) is 34.7. The Hall–Kier alpha value is -1.59. The zero-order chi connectivity index (χ0) is 16.4. The second-order valence-corrected chi connectivity index (χ2v) is 5.16. The molecule has 1 amide bonds. The first-order chi connectivity index (χ1) is 9.79. The van der Waals surface area contributed by atoms with Gasteiger partial charge in [0.15, 0.2) is 0 Å². The van der Waals surface area contributed by atoms with Gasteiger partial charge < -0.3 is 14.8 Å². The van der Waals surface area contributed by atoms with E-state index in [9.17, 15) is 14.4 Å². The van der Waals surface area contributed by atoms with Gasteiger partial charge in [-0.3, -0.25) is 9.59 Å². The van der Waals surface area contributed by atoms with E-state index in [1.807, 2.05) is 13.8 Å². The Bertz CT molecular complexity index is 356. The summed E-state index contributed by atoms with van der Waals surface area (Å²) >= 11 is 0. The second-order valence-electron chi connectivity index (χ2n) is 5.16. The quantitative estimate of drug-likeness (QED) is 0.658. The maximum Gasteiger partial charge on any atom is 0.328 e. The van der Waals surface area contributed by atoms with Crippen molar-refractivity contribution < 1.29 is 23.9 Å². The third-order valence-electron chi connectivity index (χ3n) is 3.10. The number of rotatable bonds is 9. The lowest BCUT2D eigenvalue weighted by Gasteiger charge is -2.19. The van der Waals surface area contributed by atoms with Crippen molar-refractivity contribution in [2.75, 3.05) is 0 Å². The molecule has 0 radical (unpaired) electrons. The fourth-order valence-corrected chi connectivity index (χ4v) is 1.49. The SMILES string of the molecule is CCC(C)OC(=O)CC[C@H](NC(C)=O)C(=O)OC(C)CC. The van der Waals surface area contributed by atoms with Crippen LogP contribution in [0, 0.1) is 0 Å². The van der Waals surface area contributed by atoms with Gasteiger partial charge in [-0.1, -0.05) is 13.8 Å². The van der Waals surface area contributed by atoms with Crippen LogP contribution in [0.5, 0.6) is 0 Å². The third kappa shape index (κ3) is 9.05. The molecule has 0 aromatic carbocycles. The smallest absolute Gasteiger partial charge is 0.328 e. The fourth-order valence-electron chi connectivity index (χ4n) is 1.49. The number of amides is 1. The molecule has 2 unspecified atom stereocenters. The van der Waals surface area contributed by atoms with Crippen LogP contribution >= 0.6 is 0 Å². The minimum atomic E-state index is -0.819. The second kappa shape index (κ2) is 10.2. The van der Waals surface area contributed by atoms with E-state index in [4.69, 9.17) is 9.47 Å². The molecular formula is C15H27NO5. The molecule has 6 heteroatoms. The van der Waals surface area contributed by atoms with E-state index < -0.39 is 12.0 Å². The molecule has 0 rings (SSSR count). The highest BCUT2D eigenvalue weighted by Gasteiger charge is 2.24. The summed E-state index contributed by atoms with van der Waals surface area (Å²) in [5.41, 5.74) is 0. The lowest BCUT2D eigenvalue weighted by atomic mass is 10.1. The largest absolute Gasteiger partial charge is 0.463 e. The van der Waals surface area contributed by atoms with Gasteiger partial charge in [0.2, 0.25) is 5.91 Å². The maximum atomic E-state index is 11.9. The minimum absolute atomic E-state index is 0.0604. The molecular weight excluding hydrogens is 274 g/mol. The number of hydrogen-bond donors (Lipinski definition) is 1. The lowest BCUT2D eigenvalue weighted by molar-refractivity contribution is -0.153. The van der Waals surface area contributed by atoms with E-state index in [1.54, 1.807) is 13.8 Å². The molecule has 0 aliphatic rings. The number of hydrogen-bond acceptors (Lipinski definition) is 5. The first-order valence-corrected chi connectivity index (χ1v) is 7.47. The Balaban J connectivity index is 4.45. The van der Waals surface area contributed by atoms with Gasteiger partial charge in [0, 0.05) is 13.3 Å². The predicted molar refractivity (Wildman–Crippen MR) is 78.5 cm³/mol. The van der Waals surface area contributed by atoms with Crippen molar-refractivity contribution in [1.82, 2.24) is 5.32 Å². The van der Waals surface area contributed by atoms with Crippen LogP contribution in [0.4, 0.5) is 0 Å². The molecule has 21 heavy (non-hydrogen) atoms. The Morgan fingerprint density at radius 3 is 2.00 bits per heavy atom. The molecule has 0 saturated heterocycles. The number of carbonyl (C=O) groups is 3. The molecule has 0 aromatic heterocycles. The first kappa shape index (κ1) is 19.4. The third-order valence-corrected chi connectivity index (χ3v) is 3.10. The van der Waals surface area contributed by atoms with Crippen molar-refractivity contribution >= 4 is 17.8 Å². The van der Waals surface area contributed by atoms with E-state index in [0.717, 1.165) is 6.42 Å². The molecule has 0 bridgehead atoms. The van der Waals surface area contributed by atoms with Crippen molar-refractivity contribution in [1.29, 1.82) is 0 Å². The van der Waals surface area contributed by atoms with Crippen LogP contribution in [0.2, 0.25) is 0 Å². The molecule has 1 N–H and O–H groups in total. The van der Waals surface area contributed by atoms with Gasteiger partial charge in [-0.05, 0) is 33.1 Å². The van der Waals surface area contributed by atoms with Crippen LogP contribution in [0.3, 0.4) is 0 Å². The highest BCUT2D eigenvalue weighted by Crippen LogP contribution is 2.07. The first-order valence-electron chi connectivity index (χ1n) is 7.47. The van der Waals surface area contributed by atoms with Gasteiger partial charge in [0.05, 0.1) is 12.2 Å². The van der Waals surface area contributed by atoms with Crippen LogP contribution in [-0.4, -0.2) is 36.1 Å². The van der Waals surface area contributed by atoms with E-state index in [2.05, 4.69) is 5.32 Å². The van der Waals surface area contributed by atoms with Gasteiger partial charge in [-0.15, -0.1) is 0 Å². The standard InChI is InChI=1S/C15H27NO5/c1-6-10(3)20-14(18)9-8-13(16-12(5)17)15(19)21-11(4)7-2/h10-11,13H,6-9H2,1-5H3,(H,16,17)/t10?,11?,13-/m0/s1. The van der Waals surface area contributed by atoms with Crippen LogP contribution in [0.25, 0.3) is 0 Å². The van der Waals surface area contributed by atoms with E-state index in [1.165, 1.54) is 6.92 Å². The van der Waals surface area contributed by atoms with E-state index >= 15 is 0 Å². The summed E-state index contributed by atoms with van der Waals surface area (Å²) in [6, 6.07) is -0.819. The molecule has 0 saturated carbocycles. The van der Waals surface area contributed by atoms with Crippen molar-refractivity contribution in [3.8, 4) is 0 Å². The molecule has 0 spiro atoms. The highest BCUT2D eigenvalue weighted by atomic mass is 16.5. The highest BCUT2D eigenvalue weighted by molar-refractivity contribution is 5.83. The average Bonchev–Trinajstić information content (AvgIpc) is 2.42. The van der Waals surface area contributed by atoms with Crippen molar-refractivity contribution in [2.45, 2.75) is 78.6 Å². The van der Waals surface area contributed by atoms with Crippen LogP contribution in [0.1, 0.15) is 60.3 Å². The molecule has 0 heterocycles. The lowest BCUT2D eigenvalue weighted by Crippen LogP contribution is -2.42. The summed E-state index contributed by atoms with van der Waals surface area (Å²) in [5, 5.41) is 2.51. The summed E-state index contributed by atoms with van der Waals surface area (Å²) in [6.45, 7) is 8.72. The molecule has 3 atom stereocenters. The van der Waals surface area contributed by atoms with E-state index in [-0.39, 0.29) is 36.9 Å². The number of nitrogens with one attached hydrogen (secondary N) is 1. The van der Waals surface area contributed by atoms with Crippen LogP contribution in [0.15, 0.2) is 0 Å². The molecule has 0 aliphatic carbocycles. The zero-order valence-electron chi connectivity index (χ0n) is 13.6. The molecule has 122 valence electrons. The molecule has 0 aromatic rings. The summed E-state index contributed by atoms with van der Waals surface area (Å²) in [5.74, 6) is -1.23. The fraction of sp³-hybridized carbons (Fsp3) is 0.800. The van der Waals surface area contributed by atoms with Crippen LogP contribution < -0.4 is 5.32 Å². The predicted octanol–water partition coefficient (Wildman–Crippen LogP) is 1.95.